The van der Waals surface area contributed by atoms with Gasteiger partial charge in [-0.3, -0.25) is 4.79 Å². The minimum absolute atomic E-state index is 0.425. The molecule has 0 bridgehead atoms. The van der Waals surface area contributed by atoms with Crippen LogP contribution in [0.1, 0.15) is 15.9 Å². The number of carbonyl (C=O) groups is 1. The summed E-state index contributed by atoms with van der Waals surface area (Å²) in [6.45, 7) is 0.581. The van der Waals surface area contributed by atoms with Gasteiger partial charge in [-0.2, -0.15) is 0 Å². The summed E-state index contributed by atoms with van der Waals surface area (Å²) in [4.78, 5) is 11.0. The van der Waals surface area contributed by atoms with Gasteiger partial charge in [0.05, 0.1) is 0 Å². The second kappa shape index (κ2) is 6.68. The first-order valence-corrected chi connectivity index (χ1v) is 6.54. The molecule has 0 spiro atoms. The summed E-state index contributed by atoms with van der Waals surface area (Å²) < 4.78 is 0. The molecule has 0 saturated heterocycles. The molecule has 20 heavy (non-hydrogen) atoms. The number of benzene rings is 2. The molecule has 2 aromatic carbocycles. The molecule has 1 amide bonds. The maximum Gasteiger partial charge on any atom is 0.248 e. The number of hydrogen-bond donors (Lipinski definition) is 3. The van der Waals surface area contributed by atoms with E-state index in [9.17, 15) is 4.79 Å². The lowest BCUT2D eigenvalue weighted by Gasteiger charge is -2.10. The van der Waals surface area contributed by atoms with E-state index in [0.717, 1.165) is 11.3 Å². The van der Waals surface area contributed by atoms with Crippen LogP contribution in [0.2, 0.25) is 0 Å². The second-order valence-electron chi connectivity index (χ2n) is 4.23. The minimum Gasteiger partial charge on any atom is -0.366 e. The Balaban J connectivity index is 1.85. The molecular weight excluding hydrogens is 270 g/mol. The van der Waals surface area contributed by atoms with Crippen molar-refractivity contribution in [2.45, 2.75) is 6.54 Å². The van der Waals surface area contributed by atoms with E-state index in [-0.39, 0.29) is 0 Å². The Hall–Kier alpha value is -2.40. The minimum atomic E-state index is -0.425. The van der Waals surface area contributed by atoms with Crippen LogP contribution in [-0.4, -0.2) is 11.0 Å². The van der Waals surface area contributed by atoms with Gasteiger partial charge in [0.2, 0.25) is 5.91 Å². The third-order valence-electron chi connectivity index (χ3n) is 2.72. The maximum atomic E-state index is 11.0. The van der Waals surface area contributed by atoms with Crippen molar-refractivity contribution < 1.29 is 4.79 Å². The first-order valence-electron chi connectivity index (χ1n) is 6.14. The second-order valence-corrected chi connectivity index (χ2v) is 4.64. The van der Waals surface area contributed by atoms with Crippen molar-refractivity contribution >= 4 is 28.9 Å². The summed E-state index contributed by atoms with van der Waals surface area (Å²) in [5.41, 5.74) is 7.64. The lowest BCUT2D eigenvalue weighted by atomic mass is 10.1. The standard InChI is InChI=1S/C15H15N3OS/c16-14(19)12-8-6-11(7-9-12)10-17-15(20)18-13-4-2-1-3-5-13/h1-9H,10H2,(H2,16,19)(H2,17,18,20). The fourth-order valence-corrected chi connectivity index (χ4v) is 1.86. The number of primary amides is 1. The first-order chi connectivity index (χ1) is 9.65. The number of anilines is 1. The van der Waals surface area contributed by atoms with Crippen molar-refractivity contribution in [2.24, 2.45) is 5.73 Å². The van der Waals surface area contributed by atoms with Crippen molar-refractivity contribution in [3.8, 4) is 0 Å². The molecule has 102 valence electrons. The Labute approximate surface area is 123 Å². The predicted molar refractivity (Wildman–Crippen MR) is 84.5 cm³/mol. The Bertz CT molecular complexity index is 596. The summed E-state index contributed by atoms with van der Waals surface area (Å²) in [5, 5.41) is 6.74. The Kier molecular flexibility index (Phi) is 4.68. The Morgan fingerprint density at radius 3 is 2.30 bits per heavy atom. The average molecular weight is 285 g/mol. The molecule has 5 heteroatoms. The molecule has 0 radical (unpaired) electrons. The van der Waals surface area contributed by atoms with Gasteiger partial charge < -0.3 is 16.4 Å². The smallest absolute Gasteiger partial charge is 0.248 e. The van der Waals surface area contributed by atoms with Crippen LogP contribution in [0.4, 0.5) is 5.69 Å². The highest BCUT2D eigenvalue weighted by atomic mass is 32.1. The molecule has 0 heterocycles. The normalized spacial score (nSPS) is 9.80. The number of thiocarbonyl (C=S) groups is 1. The van der Waals surface area contributed by atoms with E-state index in [0.29, 0.717) is 17.2 Å². The van der Waals surface area contributed by atoms with Gasteiger partial charge in [0.25, 0.3) is 0 Å². The van der Waals surface area contributed by atoms with E-state index < -0.39 is 5.91 Å². The molecule has 0 saturated carbocycles. The van der Waals surface area contributed by atoms with Gasteiger partial charge in [-0.15, -0.1) is 0 Å². The van der Waals surface area contributed by atoms with E-state index in [2.05, 4.69) is 10.6 Å². The molecule has 0 aliphatic carbocycles. The van der Waals surface area contributed by atoms with Crippen molar-refractivity contribution in [3.63, 3.8) is 0 Å². The summed E-state index contributed by atoms with van der Waals surface area (Å²) in [6.07, 6.45) is 0. The third kappa shape index (κ3) is 4.07. The van der Waals surface area contributed by atoms with Gasteiger partial charge in [-0.05, 0) is 42.0 Å². The predicted octanol–water partition coefficient (Wildman–Crippen LogP) is 2.27. The van der Waals surface area contributed by atoms with Crippen LogP contribution in [0.5, 0.6) is 0 Å². The molecule has 4 nitrogen and oxygen atoms in total. The van der Waals surface area contributed by atoms with Gasteiger partial charge in [-0.1, -0.05) is 30.3 Å². The molecule has 0 fully saturated rings. The molecule has 4 N–H and O–H groups in total. The number of carbonyl (C=O) groups excluding carboxylic acids is 1. The van der Waals surface area contributed by atoms with Gasteiger partial charge in [0.15, 0.2) is 5.11 Å². The summed E-state index contributed by atoms with van der Waals surface area (Å²) in [7, 11) is 0. The summed E-state index contributed by atoms with van der Waals surface area (Å²) in [5.74, 6) is -0.425. The lowest BCUT2D eigenvalue weighted by molar-refractivity contribution is 0.100. The highest BCUT2D eigenvalue weighted by molar-refractivity contribution is 7.80. The number of nitrogens with two attached hydrogens (primary N) is 1. The van der Waals surface area contributed by atoms with E-state index in [1.165, 1.54) is 0 Å². The monoisotopic (exact) mass is 285 g/mol. The van der Waals surface area contributed by atoms with E-state index in [1.54, 1.807) is 12.1 Å². The quantitative estimate of drug-likeness (QED) is 0.754. The van der Waals surface area contributed by atoms with Gasteiger partial charge in [0.1, 0.15) is 0 Å². The van der Waals surface area contributed by atoms with Crippen molar-refractivity contribution in [1.29, 1.82) is 0 Å². The molecule has 2 aromatic rings. The maximum absolute atomic E-state index is 11.0. The number of hydrogen-bond acceptors (Lipinski definition) is 2. The lowest BCUT2D eigenvalue weighted by Crippen LogP contribution is -2.27. The zero-order valence-electron chi connectivity index (χ0n) is 10.8. The van der Waals surface area contributed by atoms with Crippen LogP contribution in [-0.2, 0) is 6.54 Å². The van der Waals surface area contributed by atoms with Crippen LogP contribution >= 0.6 is 12.2 Å². The van der Waals surface area contributed by atoms with Gasteiger partial charge in [-0.25, -0.2) is 0 Å². The molecule has 2 rings (SSSR count). The molecule has 0 atom stereocenters. The summed E-state index contributed by atoms with van der Waals surface area (Å²) >= 11 is 5.21. The summed E-state index contributed by atoms with van der Waals surface area (Å²) in [6, 6.07) is 16.8. The SMILES string of the molecule is NC(=O)c1ccc(CNC(=S)Nc2ccccc2)cc1. The van der Waals surface area contributed by atoms with Crippen LogP contribution in [0, 0.1) is 0 Å². The zero-order valence-corrected chi connectivity index (χ0v) is 11.6. The fraction of sp³-hybridized carbons (Fsp3) is 0.0667. The molecule has 0 unspecified atom stereocenters. The largest absolute Gasteiger partial charge is 0.366 e. The third-order valence-corrected chi connectivity index (χ3v) is 2.97. The highest BCUT2D eigenvalue weighted by Crippen LogP contribution is 2.06. The molecule has 0 aliphatic rings. The number of rotatable bonds is 4. The Morgan fingerprint density at radius 2 is 1.70 bits per heavy atom. The fourth-order valence-electron chi connectivity index (χ4n) is 1.67. The first kappa shape index (κ1) is 14.0. The number of para-hydroxylation sites is 1. The van der Waals surface area contributed by atoms with Crippen LogP contribution in [0.3, 0.4) is 0 Å². The molecular formula is C15H15N3OS. The van der Waals surface area contributed by atoms with Crippen LogP contribution in [0.25, 0.3) is 0 Å². The van der Waals surface area contributed by atoms with E-state index in [1.807, 2.05) is 42.5 Å². The molecule has 0 aliphatic heterocycles. The van der Waals surface area contributed by atoms with Crippen molar-refractivity contribution in [3.05, 3.63) is 65.7 Å². The van der Waals surface area contributed by atoms with Crippen molar-refractivity contribution in [1.82, 2.24) is 5.32 Å². The Morgan fingerprint density at radius 1 is 1.05 bits per heavy atom. The average Bonchev–Trinajstić information content (AvgIpc) is 2.46. The van der Waals surface area contributed by atoms with Gasteiger partial charge in [0, 0.05) is 17.8 Å². The topological polar surface area (TPSA) is 67.2 Å². The zero-order chi connectivity index (χ0) is 14.4. The number of nitrogens with one attached hydrogen (secondary N) is 2. The van der Waals surface area contributed by atoms with Crippen LogP contribution in [0.15, 0.2) is 54.6 Å². The van der Waals surface area contributed by atoms with E-state index >= 15 is 0 Å². The van der Waals surface area contributed by atoms with Crippen LogP contribution < -0.4 is 16.4 Å². The molecule has 0 aromatic heterocycles. The van der Waals surface area contributed by atoms with Gasteiger partial charge >= 0.3 is 0 Å². The van der Waals surface area contributed by atoms with Crippen molar-refractivity contribution in [2.75, 3.05) is 5.32 Å². The van der Waals surface area contributed by atoms with E-state index in [4.69, 9.17) is 18.0 Å². The highest BCUT2D eigenvalue weighted by Gasteiger charge is 2.01. The number of amides is 1.